The summed E-state index contributed by atoms with van der Waals surface area (Å²) >= 11 is 0. The molecular weight excluding hydrogens is 364 g/mol. The molecular formula is C24H24N2O3. The molecule has 0 aliphatic heterocycles. The number of allylic oxidation sites excluding steroid dienone is 1. The van der Waals surface area contributed by atoms with Gasteiger partial charge in [-0.2, -0.15) is 0 Å². The summed E-state index contributed by atoms with van der Waals surface area (Å²) in [6, 6.07) is 18.0. The fourth-order valence-corrected chi connectivity index (χ4v) is 3.52. The molecule has 0 amide bonds. The Morgan fingerprint density at radius 1 is 0.897 bits per heavy atom. The minimum Gasteiger partial charge on any atom is -0.495 e. The molecule has 0 radical (unpaired) electrons. The second kappa shape index (κ2) is 7.87. The molecule has 0 N–H and O–H groups in total. The molecule has 5 heteroatoms. The average molecular weight is 388 g/mol. The fourth-order valence-electron chi connectivity index (χ4n) is 3.52. The molecule has 4 rings (SSSR count). The van der Waals surface area contributed by atoms with Gasteiger partial charge in [-0.1, -0.05) is 48.0 Å². The summed E-state index contributed by atoms with van der Waals surface area (Å²) in [4.78, 5) is 0. The number of methoxy groups -OCH3 is 2. The van der Waals surface area contributed by atoms with Crippen LogP contribution in [0.3, 0.4) is 0 Å². The van der Waals surface area contributed by atoms with Crippen LogP contribution in [-0.2, 0) is 0 Å². The van der Waals surface area contributed by atoms with Crippen molar-refractivity contribution in [2.45, 2.75) is 13.8 Å². The summed E-state index contributed by atoms with van der Waals surface area (Å²) in [5.41, 5.74) is 2.93. The highest BCUT2D eigenvalue weighted by atomic mass is 16.5. The zero-order valence-electron chi connectivity index (χ0n) is 17.1. The Hall–Kier alpha value is -3.47. The van der Waals surface area contributed by atoms with Crippen LogP contribution in [0, 0.1) is 0 Å². The first-order valence-corrected chi connectivity index (χ1v) is 9.52. The molecule has 1 heterocycles. The molecule has 0 saturated carbocycles. The topological polar surface area (TPSA) is 45.5 Å². The van der Waals surface area contributed by atoms with Crippen molar-refractivity contribution in [3.8, 4) is 23.1 Å². The van der Waals surface area contributed by atoms with Crippen molar-refractivity contribution in [2.75, 3.05) is 20.8 Å². The van der Waals surface area contributed by atoms with Crippen LogP contribution in [0.15, 0.2) is 66.2 Å². The molecule has 0 unspecified atom stereocenters. The zero-order chi connectivity index (χ0) is 20.4. The van der Waals surface area contributed by atoms with Crippen LogP contribution < -0.4 is 14.2 Å². The predicted octanol–water partition coefficient (Wildman–Crippen LogP) is 5.54. The lowest BCUT2D eigenvalue weighted by Gasteiger charge is -2.14. The van der Waals surface area contributed by atoms with Crippen molar-refractivity contribution in [1.29, 1.82) is 0 Å². The number of hydrogen-bond donors (Lipinski definition) is 0. The molecule has 0 saturated heterocycles. The second-order valence-electron chi connectivity index (χ2n) is 6.98. The van der Waals surface area contributed by atoms with Crippen LogP contribution >= 0.6 is 0 Å². The molecule has 1 aromatic heterocycles. The Morgan fingerprint density at radius 3 is 2.14 bits per heavy atom. The van der Waals surface area contributed by atoms with Crippen LogP contribution in [0.1, 0.15) is 13.8 Å². The summed E-state index contributed by atoms with van der Waals surface area (Å²) in [6.45, 7) is 4.52. The van der Waals surface area contributed by atoms with Crippen molar-refractivity contribution in [2.24, 2.45) is 0 Å². The van der Waals surface area contributed by atoms with E-state index in [4.69, 9.17) is 19.3 Å². The van der Waals surface area contributed by atoms with Crippen LogP contribution in [0.5, 0.6) is 17.4 Å². The molecule has 148 valence electrons. The van der Waals surface area contributed by atoms with Gasteiger partial charge in [0, 0.05) is 10.8 Å². The molecule has 0 aliphatic carbocycles. The van der Waals surface area contributed by atoms with Gasteiger partial charge in [0.05, 0.1) is 19.9 Å². The third-order valence-electron chi connectivity index (χ3n) is 4.83. The predicted molar refractivity (Wildman–Crippen MR) is 117 cm³/mol. The third kappa shape index (κ3) is 3.29. The standard InChI is InChI=1S/C24H24N2O3/c1-16(2)14-15-29-24-20-21(26(25-24)17-10-6-5-7-11-17)23(28-4)19-13-9-8-12-18(19)22(20)27-3/h5-14H,15H2,1-4H3. The number of aromatic nitrogens is 2. The molecule has 4 aromatic rings. The van der Waals surface area contributed by atoms with Gasteiger partial charge in [-0.3, -0.25) is 0 Å². The maximum Gasteiger partial charge on any atom is 0.245 e. The van der Waals surface area contributed by atoms with E-state index in [0.717, 1.165) is 38.9 Å². The largest absolute Gasteiger partial charge is 0.495 e. The lowest BCUT2D eigenvalue weighted by molar-refractivity contribution is 0.346. The number of nitrogens with zero attached hydrogens (tertiary/aromatic N) is 2. The first-order valence-electron chi connectivity index (χ1n) is 9.52. The van der Waals surface area contributed by atoms with Crippen LogP contribution in [0.4, 0.5) is 0 Å². The smallest absolute Gasteiger partial charge is 0.245 e. The minimum atomic E-state index is 0.432. The lowest BCUT2D eigenvalue weighted by Crippen LogP contribution is -1.99. The molecule has 0 aliphatic rings. The third-order valence-corrected chi connectivity index (χ3v) is 4.83. The Kier molecular flexibility index (Phi) is 5.12. The first-order chi connectivity index (χ1) is 14.2. The monoisotopic (exact) mass is 388 g/mol. The summed E-state index contributed by atoms with van der Waals surface area (Å²) in [7, 11) is 3.35. The minimum absolute atomic E-state index is 0.432. The summed E-state index contributed by atoms with van der Waals surface area (Å²) < 4.78 is 19.7. The molecule has 0 bridgehead atoms. The SMILES string of the molecule is COc1c2ccccc2c(OC)c2c1c(OCC=C(C)C)nn2-c1ccccc1. The van der Waals surface area contributed by atoms with Gasteiger partial charge in [0.25, 0.3) is 0 Å². The van der Waals surface area contributed by atoms with E-state index in [1.807, 2.05) is 79.2 Å². The van der Waals surface area contributed by atoms with Gasteiger partial charge in [0.2, 0.25) is 5.88 Å². The highest BCUT2D eigenvalue weighted by Crippen LogP contribution is 2.46. The molecule has 3 aromatic carbocycles. The number of hydrogen-bond acceptors (Lipinski definition) is 4. The Balaban J connectivity index is 2.10. The maximum absolute atomic E-state index is 6.08. The van der Waals surface area contributed by atoms with Gasteiger partial charge in [0.15, 0.2) is 5.75 Å². The van der Waals surface area contributed by atoms with Gasteiger partial charge in [-0.25, -0.2) is 4.68 Å². The van der Waals surface area contributed by atoms with Gasteiger partial charge in [-0.05, 0) is 32.1 Å². The number of ether oxygens (including phenoxy) is 3. The fraction of sp³-hybridized carbons (Fsp3) is 0.208. The van der Waals surface area contributed by atoms with Crippen LogP contribution in [0.2, 0.25) is 0 Å². The maximum atomic E-state index is 6.08. The normalized spacial score (nSPS) is 10.9. The molecule has 29 heavy (non-hydrogen) atoms. The van der Waals surface area contributed by atoms with E-state index in [9.17, 15) is 0 Å². The van der Waals surface area contributed by atoms with E-state index in [1.54, 1.807) is 14.2 Å². The van der Waals surface area contributed by atoms with Gasteiger partial charge in [0.1, 0.15) is 23.3 Å². The number of fused-ring (bicyclic) bond motifs is 2. The molecule has 0 atom stereocenters. The van der Waals surface area contributed by atoms with Gasteiger partial charge in [-0.15, -0.1) is 5.10 Å². The van der Waals surface area contributed by atoms with Crippen molar-refractivity contribution < 1.29 is 14.2 Å². The van der Waals surface area contributed by atoms with E-state index >= 15 is 0 Å². The first kappa shape index (κ1) is 18.9. The molecule has 5 nitrogen and oxygen atoms in total. The van der Waals surface area contributed by atoms with Crippen LogP contribution in [0.25, 0.3) is 27.4 Å². The van der Waals surface area contributed by atoms with E-state index in [1.165, 1.54) is 5.57 Å². The Morgan fingerprint density at radius 2 is 1.52 bits per heavy atom. The number of para-hydroxylation sites is 1. The highest BCUT2D eigenvalue weighted by Gasteiger charge is 2.25. The zero-order valence-corrected chi connectivity index (χ0v) is 17.1. The van der Waals surface area contributed by atoms with E-state index in [2.05, 4.69) is 0 Å². The quantitative estimate of drug-likeness (QED) is 0.407. The summed E-state index contributed by atoms with van der Waals surface area (Å²) in [5, 5.41) is 7.52. The Labute approximate surface area is 170 Å². The molecule has 0 fully saturated rings. The van der Waals surface area contributed by atoms with E-state index in [0.29, 0.717) is 12.5 Å². The van der Waals surface area contributed by atoms with Crippen molar-refractivity contribution in [1.82, 2.24) is 9.78 Å². The van der Waals surface area contributed by atoms with Gasteiger partial charge < -0.3 is 14.2 Å². The lowest BCUT2D eigenvalue weighted by atomic mass is 10.0. The van der Waals surface area contributed by atoms with Crippen molar-refractivity contribution in [3.05, 3.63) is 66.2 Å². The number of benzene rings is 3. The summed E-state index contributed by atoms with van der Waals surface area (Å²) in [6.07, 6.45) is 2.03. The highest BCUT2D eigenvalue weighted by molar-refractivity contribution is 6.12. The summed E-state index contributed by atoms with van der Waals surface area (Å²) in [5.74, 6) is 1.98. The average Bonchev–Trinajstić information content (AvgIpc) is 3.11. The van der Waals surface area contributed by atoms with Gasteiger partial charge >= 0.3 is 0 Å². The van der Waals surface area contributed by atoms with E-state index < -0.39 is 0 Å². The van der Waals surface area contributed by atoms with Crippen LogP contribution in [-0.4, -0.2) is 30.6 Å². The Bertz CT molecular complexity index is 1190. The van der Waals surface area contributed by atoms with E-state index in [-0.39, 0.29) is 0 Å². The van der Waals surface area contributed by atoms with Crippen molar-refractivity contribution in [3.63, 3.8) is 0 Å². The second-order valence-corrected chi connectivity index (χ2v) is 6.98. The van der Waals surface area contributed by atoms with Crippen molar-refractivity contribution >= 4 is 21.7 Å². The molecule has 0 spiro atoms. The number of rotatable bonds is 6.